The Kier molecular flexibility index (Phi) is 3.58. The van der Waals surface area contributed by atoms with E-state index < -0.39 is 0 Å². The molecule has 7 nitrogen and oxygen atoms in total. The van der Waals surface area contributed by atoms with Crippen LogP contribution in [0.25, 0.3) is 0 Å². The summed E-state index contributed by atoms with van der Waals surface area (Å²) in [5, 5.41) is 17.6. The molecule has 0 saturated carbocycles. The van der Waals surface area contributed by atoms with Crippen LogP contribution in [-0.4, -0.2) is 5.02 Å². The molecule has 0 rings (SSSR count). The highest BCUT2D eigenvalue weighted by Crippen LogP contribution is 1.82. The van der Waals surface area contributed by atoms with Gasteiger partial charge in [0.25, 0.3) is 0 Å². The molecule has 8 heteroatoms. The fourth-order valence-electron chi connectivity index (χ4n) is 0.0721. The van der Waals surface area contributed by atoms with E-state index in [0.29, 0.717) is 0 Å². The van der Waals surface area contributed by atoms with Crippen LogP contribution in [0.1, 0.15) is 0 Å². The van der Waals surface area contributed by atoms with E-state index in [4.69, 9.17) is 0 Å². The second-order valence-corrected chi connectivity index (χ2v) is 0.777. The summed E-state index contributed by atoms with van der Waals surface area (Å²) < 4.78 is 3.65. The van der Waals surface area contributed by atoms with Crippen LogP contribution in [0, 0.1) is 5.21 Å². The van der Waals surface area contributed by atoms with Gasteiger partial charge in [-0.2, -0.15) is 0 Å². The van der Waals surface area contributed by atoms with E-state index >= 15 is 0 Å². The lowest BCUT2D eigenvalue weighted by atomic mass is 12.5. The summed E-state index contributed by atoms with van der Waals surface area (Å²) >= 11 is 3.07. The largest absolute Gasteiger partial charge is 0.394 e. The number of rotatable bonds is 2. The Bertz CT molecular complexity index is 107. The first kappa shape index (κ1) is 6.95. The summed E-state index contributed by atoms with van der Waals surface area (Å²) in [6.45, 7) is 0. The molecule has 0 aliphatic rings. The molecule has 8 heavy (non-hydrogen) atoms. The highest BCUT2D eigenvalue weighted by molar-refractivity contribution is 7.74. The SMILES string of the molecule is NN=NN=[N+]([O-])OS. The van der Waals surface area contributed by atoms with Gasteiger partial charge in [0.2, 0.25) is 10.4 Å². The third-order valence-electron chi connectivity index (χ3n) is 0.235. The first-order valence-corrected chi connectivity index (χ1v) is 1.77. The van der Waals surface area contributed by atoms with Gasteiger partial charge in [-0.15, -0.1) is 0 Å². The van der Waals surface area contributed by atoms with Gasteiger partial charge in [-0.1, -0.05) is 12.9 Å². The molecule has 0 bridgehead atoms. The lowest BCUT2D eigenvalue weighted by molar-refractivity contribution is -0.744. The third kappa shape index (κ3) is 3.15. The Balaban J connectivity index is 3.57. The molecule has 0 aliphatic heterocycles. The van der Waals surface area contributed by atoms with E-state index in [1.165, 1.54) is 0 Å². The van der Waals surface area contributed by atoms with Gasteiger partial charge in [-0.05, 0) is 0 Å². The zero-order chi connectivity index (χ0) is 6.41. The minimum atomic E-state index is -0.264. The third-order valence-corrected chi connectivity index (χ3v) is 0.374. The summed E-state index contributed by atoms with van der Waals surface area (Å²) in [6.07, 6.45) is 0. The molecule has 0 aromatic heterocycles. The van der Waals surface area contributed by atoms with Gasteiger partial charge < -0.3 is 9.49 Å². The van der Waals surface area contributed by atoms with E-state index in [-0.39, 0.29) is 5.02 Å². The molecule has 0 unspecified atom stereocenters. The fraction of sp³-hybridized carbons (Fsp3) is 0. The van der Waals surface area contributed by atoms with Crippen LogP contribution in [0.15, 0.2) is 15.7 Å². The smallest absolute Gasteiger partial charge is 0.226 e. The zero-order valence-electron chi connectivity index (χ0n) is 3.63. The first-order chi connectivity index (χ1) is 3.81. The average Bonchev–Trinajstić information content (AvgIpc) is 1.83. The lowest BCUT2D eigenvalue weighted by Crippen LogP contribution is -1.90. The number of nitrogens with two attached hydrogens (primary N) is 1. The summed E-state index contributed by atoms with van der Waals surface area (Å²) in [5.41, 5.74) is 0. The minimum Gasteiger partial charge on any atom is -0.394 e. The summed E-state index contributed by atoms with van der Waals surface area (Å²) in [6, 6.07) is 0. The average molecular weight is 137 g/mol. The Labute approximate surface area is 49.9 Å². The van der Waals surface area contributed by atoms with Gasteiger partial charge in [0, 0.05) is 0 Å². The van der Waals surface area contributed by atoms with Crippen LogP contribution in [0.3, 0.4) is 0 Å². The molecule has 0 aromatic rings. The molecule has 0 saturated heterocycles. The van der Waals surface area contributed by atoms with Crippen molar-refractivity contribution in [2.75, 3.05) is 0 Å². The van der Waals surface area contributed by atoms with Crippen molar-refractivity contribution in [2.24, 2.45) is 21.5 Å². The highest BCUT2D eigenvalue weighted by atomic mass is 32.1. The number of hydrogen-bond acceptors (Lipinski definition) is 4. The van der Waals surface area contributed by atoms with Crippen molar-refractivity contribution in [1.82, 2.24) is 0 Å². The van der Waals surface area contributed by atoms with Crippen LogP contribution in [0.2, 0.25) is 0 Å². The fourth-order valence-corrected chi connectivity index (χ4v) is 0.105. The molecule has 0 aromatic carbocycles. The Morgan fingerprint density at radius 2 is 2.38 bits per heavy atom. The van der Waals surface area contributed by atoms with E-state index in [1.54, 1.807) is 0 Å². The Hall–Kier alpha value is -1.05. The van der Waals surface area contributed by atoms with Crippen molar-refractivity contribution in [2.45, 2.75) is 0 Å². The molecule has 0 aliphatic carbocycles. The number of thiol groups is 1. The second-order valence-electron chi connectivity index (χ2n) is 0.614. The van der Waals surface area contributed by atoms with E-state index in [1.807, 2.05) is 0 Å². The summed E-state index contributed by atoms with van der Waals surface area (Å²) in [7, 11) is 0. The Morgan fingerprint density at radius 3 is 2.75 bits per heavy atom. The Morgan fingerprint density at radius 1 is 1.75 bits per heavy atom. The molecule has 0 heterocycles. The van der Waals surface area contributed by atoms with Gasteiger partial charge in [-0.3, -0.25) is 5.84 Å². The van der Waals surface area contributed by atoms with Crippen molar-refractivity contribution in [3.8, 4) is 0 Å². The number of hydrogen-bond donors (Lipinski definition) is 2. The lowest BCUT2D eigenvalue weighted by Gasteiger charge is -1.91. The predicted octanol–water partition coefficient (Wildman–Crippen LogP) is -0.0338. The van der Waals surface area contributed by atoms with Crippen molar-refractivity contribution in [3.05, 3.63) is 5.21 Å². The maximum Gasteiger partial charge on any atom is 0.226 e. The van der Waals surface area contributed by atoms with E-state index in [9.17, 15) is 5.21 Å². The maximum atomic E-state index is 9.81. The molecular weight excluding hydrogens is 134 g/mol. The van der Waals surface area contributed by atoms with Crippen LogP contribution in [0.4, 0.5) is 0 Å². The molecule has 0 atom stereocenters. The summed E-state index contributed by atoms with van der Waals surface area (Å²) in [4.78, 5) is 0. The van der Waals surface area contributed by atoms with Crippen LogP contribution >= 0.6 is 12.9 Å². The monoisotopic (exact) mass is 137 g/mol. The summed E-state index contributed by atoms with van der Waals surface area (Å²) in [5.74, 6) is 4.45. The molecule has 0 amide bonds. The van der Waals surface area contributed by atoms with Gasteiger partial charge in [0.15, 0.2) is 0 Å². The topological polar surface area (TPSA) is 98.4 Å². The van der Waals surface area contributed by atoms with Gasteiger partial charge in [0.05, 0.1) is 10.2 Å². The van der Waals surface area contributed by atoms with Crippen LogP contribution in [-0.2, 0) is 4.28 Å². The zero-order valence-corrected chi connectivity index (χ0v) is 4.52. The van der Waals surface area contributed by atoms with Crippen LogP contribution < -0.4 is 5.84 Å². The van der Waals surface area contributed by atoms with Crippen LogP contribution in [0.5, 0.6) is 0 Å². The molecular formula is H3N5O2S. The van der Waals surface area contributed by atoms with Crippen molar-refractivity contribution in [1.29, 1.82) is 0 Å². The first-order valence-electron chi connectivity index (χ1n) is 1.41. The normalized spacial score (nSPS) is 12.4. The standard InChI is InChI=1S/H3N5O2S/c1-2-3-4-5(6)7-8/h8H,(H2,1,3). The van der Waals surface area contributed by atoms with Gasteiger partial charge >= 0.3 is 0 Å². The number of nitrogens with zero attached hydrogens (tertiary/aromatic N) is 4. The molecule has 46 valence electrons. The molecule has 0 fully saturated rings. The molecule has 2 N–H and O–H groups in total. The van der Waals surface area contributed by atoms with Gasteiger partial charge in [-0.25, -0.2) is 0 Å². The van der Waals surface area contributed by atoms with E-state index in [0.717, 1.165) is 0 Å². The van der Waals surface area contributed by atoms with Crippen molar-refractivity contribution < 1.29 is 9.31 Å². The van der Waals surface area contributed by atoms with Crippen molar-refractivity contribution >= 4 is 12.9 Å². The van der Waals surface area contributed by atoms with Gasteiger partial charge in [0.1, 0.15) is 0 Å². The highest BCUT2D eigenvalue weighted by Gasteiger charge is 1.81. The molecule has 0 spiro atoms. The molecule has 0 radical (unpaired) electrons. The van der Waals surface area contributed by atoms with E-state index in [2.05, 4.69) is 38.7 Å². The predicted molar refractivity (Wildman–Crippen MR) is 25.2 cm³/mol. The maximum absolute atomic E-state index is 9.81. The van der Waals surface area contributed by atoms with Crippen molar-refractivity contribution in [3.63, 3.8) is 0 Å². The second kappa shape index (κ2) is 4.12. The quantitative estimate of drug-likeness (QED) is 0.184. The minimum absolute atomic E-state index is 0.264.